The predicted octanol–water partition coefficient (Wildman–Crippen LogP) is 3.30. The van der Waals surface area contributed by atoms with Gasteiger partial charge < -0.3 is 10.6 Å². The van der Waals surface area contributed by atoms with Gasteiger partial charge in [-0.3, -0.25) is 4.99 Å². The Labute approximate surface area is 186 Å². The summed E-state index contributed by atoms with van der Waals surface area (Å²) in [6, 6.07) is 18.2. The molecule has 1 fully saturated rings. The fourth-order valence-electron chi connectivity index (χ4n) is 4.09. The van der Waals surface area contributed by atoms with Gasteiger partial charge in [0.25, 0.3) is 0 Å². The minimum atomic E-state index is -3.38. The van der Waals surface area contributed by atoms with Crippen LogP contribution in [0.4, 0.5) is 0 Å². The number of aliphatic imine (C=N–C) groups is 1. The molecule has 0 amide bonds. The topological polar surface area (TPSA) is 82.6 Å². The molecule has 1 aliphatic rings. The fourth-order valence-corrected chi connectivity index (χ4v) is 5.58. The summed E-state index contributed by atoms with van der Waals surface area (Å²) in [5, 5.41) is 6.83. The maximum atomic E-state index is 12.4. The van der Waals surface area contributed by atoms with Crippen molar-refractivity contribution in [3.8, 4) is 0 Å². The molecule has 0 saturated heterocycles. The number of guanidine groups is 1. The summed E-state index contributed by atoms with van der Waals surface area (Å²) in [7, 11) is -1.62. The molecule has 3 N–H and O–H groups in total. The molecule has 0 atom stereocenters. The zero-order chi connectivity index (χ0) is 22.3. The summed E-state index contributed by atoms with van der Waals surface area (Å²) < 4.78 is 27.4. The summed E-state index contributed by atoms with van der Waals surface area (Å²) in [5.41, 5.74) is 3.27. The van der Waals surface area contributed by atoms with Gasteiger partial charge in [0.05, 0.1) is 5.75 Å². The second-order valence-electron chi connectivity index (χ2n) is 8.58. The van der Waals surface area contributed by atoms with E-state index in [0.29, 0.717) is 6.54 Å². The molecule has 0 aromatic heterocycles. The lowest BCUT2D eigenvalue weighted by Gasteiger charge is -2.43. The summed E-state index contributed by atoms with van der Waals surface area (Å²) in [6.07, 6.45) is 3.59. The van der Waals surface area contributed by atoms with Gasteiger partial charge >= 0.3 is 0 Å². The van der Waals surface area contributed by atoms with Gasteiger partial charge in [-0.05, 0) is 43.4 Å². The molecule has 0 heterocycles. The van der Waals surface area contributed by atoms with Crippen LogP contribution in [0, 0.1) is 0 Å². The van der Waals surface area contributed by atoms with E-state index >= 15 is 0 Å². The van der Waals surface area contributed by atoms with Crippen molar-refractivity contribution < 1.29 is 8.42 Å². The second kappa shape index (κ2) is 10.3. The highest BCUT2D eigenvalue weighted by Crippen LogP contribution is 2.43. The minimum Gasteiger partial charge on any atom is -0.356 e. The maximum absolute atomic E-state index is 12.4. The third-order valence-corrected chi connectivity index (χ3v) is 7.36. The van der Waals surface area contributed by atoms with Crippen molar-refractivity contribution in [3.63, 3.8) is 0 Å². The van der Waals surface area contributed by atoms with Crippen molar-refractivity contribution >= 4 is 16.0 Å². The number of hydrogen-bond donors (Lipinski definition) is 3. The molecule has 2 aromatic rings. The smallest absolute Gasteiger partial charge is 0.216 e. The van der Waals surface area contributed by atoms with E-state index in [1.54, 1.807) is 7.05 Å². The number of hydrogen-bond acceptors (Lipinski definition) is 3. The third-order valence-electron chi connectivity index (χ3n) is 5.84. The molecule has 0 aliphatic heterocycles. The Bertz CT molecular complexity index is 984. The lowest BCUT2D eigenvalue weighted by atomic mass is 9.64. The first-order valence-electron chi connectivity index (χ1n) is 10.9. The van der Waals surface area contributed by atoms with Crippen LogP contribution >= 0.6 is 0 Å². The van der Waals surface area contributed by atoms with Crippen LogP contribution in [-0.4, -0.2) is 34.0 Å². The Hall–Kier alpha value is -2.38. The average Bonchev–Trinajstić information content (AvgIpc) is 2.70. The van der Waals surface area contributed by atoms with Gasteiger partial charge in [-0.2, -0.15) is 0 Å². The van der Waals surface area contributed by atoms with Crippen LogP contribution < -0.4 is 15.4 Å². The van der Waals surface area contributed by atoms with E-state index in [1.165, 1.54) is 24.8 Å². The van der Waals surface area contributed by atoms with Gasteiger partial charge in [-0.25, -0.2) is 13.1 Å². The third kappa shape index (κ3) is 6.31. The van der Waals surface area contributed by atoms with Crippen LogP contribution in [0.3, 0.4) is 0 Å². The van der Waals surface area contributed by atoms with Crippen molar-refractivity contribution in [2.45, 2.75) is 56.9 Å². The standard InChI is InChI=1S/C24H34N4O2S/c1-19(2)28-31(29,30)17-21-11-8-7-10-20(21)16-26-23(25-3)27-18-24(14-9-15-24)22-12-5-4-6-13-22/h4-8,10-13,19,28H,9,14-18H2,1-3H3,(H2,25,26,27). The number of benzene rings is 2. The molecule has 6 nitrogen and oxygen atoms in total. The first-order valence-corrected chi connectivity index (χ1v) is 12.6. The van der Waals surface area contributed by atoms with E-state index in [9.17, 15) is 8.42 Å². The molecule has 0 unspecified atom stereocenters. The average molecular weight is 443 g/mol. The summed E-state index contributed by atoms with van der Waals surface area (Å²) in [6.45, 7) is 4.98. The summed E-state index contributed by atoms with van der Waals surface area (Å²) >= 11 is 0. The van der Waals surface area contributed by atoms with Crippen molar-refractivity contribution in [3.05, 3.63) is 71.3 Å². The van der Waals surface area contributed by atoms with Crippen LogP contribution in [0.1, 0.15) is 49.8 Å². The SMILES string of the molecule is CN=C(NCc1ccccc1CS(=O)(=O)NC(C)C)NCC1(c2ccccc2)CCC1. The molecule has 0 radical (unpaired) electrons. The fraction of sp³-hybridized carbons (Fsp3) is 0.458. The Morgan fingerprint density at radius 1 is 1.00 bits per heavy atom. The highest BCUT2D eigenvalue weighted by molar-refractivity contribution is 7.88. The number of rotatable bonds is 9. The number of nitrogens with one attached hydrogen (secondary N) is 3. The highest BCUT2D eigenvalue weighted by atomic mass is 32.2. The van der Waals surface area contributed by atoms with Gasteiger partial charge in [0, 0.05) is 31.6 Å². The normalized spacial score (nSPS) is 16.1. The lowest BCUT2D eigenvalue weighted by molar-refractivity contribution is 0.244. The quantitative estimate of drug-likeness (QED) is 0.411. The van der Waals surface area contributed by atoms with Crippen LogP contribution in [0.15, 0.2) is 59.6 Å². The van der Waals surface area contributed by atoms with Crippen LogP contribution in [0.2, 0.25) is 0 Å². The Morgan fingerprint density at radius 3 is 2.23 bits per heavy atom. The zero-order valence-corrected chi connectivity index (χ0v) is 19.5. The zero-order valence-electron chi connectivity index (χ0n) is 18.7. The van der Waals surface area contributed by atoms with Gasteiger partial charge in [-0.1, -0.05) is 61.0 Å². The van der Waals surface area contributed by atoms with E-state index in [1.807, 2.05) is 38.1 Å². The molecule has 3 rings (SSSR count). The van der Waals surface area contributed by atoms with E-state index in [-0.39, 0.29) is 17.2 Å². The molecule has 168 valence electrons. The largest absolute Gasteiger partial charge is 0.356 e. The van der Waals surface area contributed by atoms with Gasteiger partial charge in [-0.15, -0.1) is 0 Å². The monoisotopic (exact) mass is 442 g/mol. The van der Waals surface area contributed by atoms with E-state index < -0.39 is 10.0 Å². The molecule has 2 aromatic carbocycles. The highest BCUT2D eigenvalue weighted by Gasteiger charge is 2.38. The van der Waals surface area contributed by atoms with E-state index in [2.05, 4.69) is 50.7 Å². The van der Waals surface area contributed by atoms with E-state index in [4.69, 9.17) is 0 Å². The van der Waals surface area contributed by atoms with Gasteiger partial charge in [0.1, 0.15) is 0 Å². The van der Waals surface area contributed by atoms with Crippen LogP contribution in [-0.2, 0) is 27.7 Å². The Morgan fingerprint density at radius 2 is 1.65 bits per heavy atom. The van der Waals surface area contributed by atoms with E-state index in [0.717, 1.165) is 23.6 Å². The van der Waals surface area contributed by atoms with Gasteiger partial charge in [0.2, 0.25) is 10.0 Å². The molecule has 0 spiro atoms. The molecule has 1 saturated carbocycles. The van der Waals surface area contributed by atoms with Crippen molar-refractivity contribution in [1.29, 1.82) is 0 Å². The van der Waals surface area contributed by atoms with Crippen molar-refractivity contribution in [2.75, 3.05) is 13.6 Å². The van der Waals surface area contributed by atoms with Gasteiger partial charge in [0.15, 0.2) is 5.96 Å². The first kappa shape index (κ1) is 23.3. The molecule has 7 heteroatoms. The van der Waals surface area contributed by atoms with Crippen LogP contribution in [0.25, 0.3) is 0 Å². The Kier molecular flexibility index (Phi) is 7.73. The lowest BCUT2D eigenvalue weighted by Crippen LogP contribution is -2.48. The Balaban J connectivity index is 1.61. The maximum Gasteiger partial charge on any atom is 0.216 e. The summed E-state index contributed by atoms with van der Waals surface area (Å²) in [5.74, 6) is 0.687. The molecule has 0 bridgehead atoms. The molecular weight excluding hydrogens is 408 g/mol. The molecular formula is C24H34N4O2S. The molecule has 31 heavy (non-hydrogen) atoms. The number of nitrogens with zero attached hydrogens (tertiary/aromatic N) is 1. The molecule has 1 aliphatic carbocycles. The second-order valence-corrected chi connectivity index (χ2v) is 10.3. The van der Waals surface area contributed by atoms with Crippen molar-refractivity contribution in [2.24, 2.45) is 4.99 Å². The van der Waals surface area contributed by atoms with Crippen LogP contribution in [0.5, 0.6) is 0 Å². The summed E-state index contributed by atoms with van der Waals surface area (Å²) in [4.78, 5) is 4.37. The first-order chi connectivity index (χ1) is 14.8. The minimum absolute atomic E-state index is 0.0355. The number of sulfonamides is 1. The predicted molar refractivity (Wildman–Crippen MR) is 128 cm³/mol. The van der Waals surface area contributed by atoms with Crippen molar-refractivity contribution in [1.82, 2.24) is 15.4 Å².